The normalized spacial score (nSPS) is 13.3. The fraction of sp³-hybridized carbons (Fsp3) is 0.242. The number of aromatic hydroxyl groups is 2. The molecule has 0 aliphatic heterocycles. The van der Waals surface area contributed by atoms with Crippen LogP contribution in [0.2, 0.25) is 0 Å². The number of benzene rings is 3. The van der Waals surface area contributed by atoms with Crippen molar-refractivity contribution in [3.8, 4) is 17.4 Å². The second kappa shape index (κ2) is 13.6. The smallest absolute Gasteiger partial charge is 0.381 e. The van der Waals surface area contributed by atoms with Gasteiger partial charge in [-0.05, 0) is 49.7 Å². The van der Waals surface area contributed by atoms with Gasteiger partial charge in [0.15, 0.2) is 11.9 Å². The second-order valence-corrected chi connectivity index (χ2v) is 12.6. The summed E-state index contributed by atoms with van der Waals surface area (Å²) in [7, 11) is -2.53. The van der Waals surface area contributed by atoms with Crippen molar-refractivity contribution < 1.29 is 42.5 Å². The molecule has 0 saturated heterocycles. The number of hydrogen-bond acceptors (Lipinski definition) is 9. The van der Waals surface area contributed by atoms with Gasteiger partial charge < -0.3 is 28.9 Å². The summed E-state index contributed by atoms with van der Waals surface area (Å²) in [4.78, 5) is 32.0. The van der Waals surface area contributed by atoms with Gasteiger partial charge in [0.2, 0.25) is 5.88 Å². The van der Waals surface area contributed by atoms with E-state index in [0.717, 1.165) is 0 Å². The highest BCUT2D eigenvalue weighted by Crippen LogP contribution is 2.49. The van der Waals surface area contributed by atoms with Crippen molar-refractivity contribution in [2.75, 3.05) is 26.4 Å². The van der Waals surface area contributed by atoms with E-state index in [4.69, 9.17) is 13.8 Å². The molecule has 5 rings (SSSR count). The molecule has 0 aliphatic carbocycles. The van der Waals surface area contributed by atoms with E-state index in [2.05, 4.69) is 4.98 Å². The van der Waals surface area contributed by atoms with E-state index in [0.29, 0.717) is 10.9 Å². The quantitative estimate of drug-likeness (QED) is 0.121. The van der Waals surface area contributed by atoms with Gasteiger partial charge in [-0.25, -0.2) is 13.8 Å². The second-order valence-electron chi connectivity index (χ2n) is 10.6. The number of phenolic OH excluding ortho intramolecular Hbond substituents is 1. The number of ether oxygens (including phenoxy) is 1. The number of nitrogens with zero attached hydrogens (tertiary/aromatic N) is 3. The molecule has 240 valence electrons. The molecule has 0 bridgehead atoms. The van der Waals surface area contributed by atoms with Crippen molar-refractivity contribution >= 4 is 41.1 Å². The maximum atomic E-state index is 14.1. The molecule has 2 heterocycles. The topological polar surface area (TPSA) is 140 Å². The third kappa shape index (κ3) is 6.83. The zero-order valence-electron chi connectivity index (χ0n) is 25.4. The zero-order chi connectivity index (χ0) is 33.0. The highest BCUT2D eigenvalue weighted by molar-refractivity contribution is 7.54. The Morgan fingerprint density at radius 1 is 1.04 bits per heavy atom. The van der Waals surface area contributed by atoms with Gasteiger partial charge in [0, 0.05) is 36.8 Å². The first-order valence-corrected chi connectivity index (χ1v) is 16.2. The summed E-state index contributed by atoms with van der Waals surface area (Å²) in [6.07, 6.45) is 1.51. The van der Waals surface area contributed by atoms with Crippen LogP contribution in [0.5, 0.6) is 17.4 Å². The van der Waals surface area contributed by atoms with E-state index >= 15 is 0 Å². The number of aromatic nitrogens is 2. The fourth-order valence-electron chi connectivity index (χ4n) is 5.04. The maximum Gasteiger partial charge on any atom is 0.381 e. The van der Waals surface area contributed by atoms with Gasteiger partial charge in [0.05, 0.1) is 30.3 Å². The highest BCUT2D eigenvalue weighted by Gasteiger charge is 2.34. The van der Waals surface area contributed by atoms with E-state index in [1.807, 2.05) is 0 Å². The lowest BCUT2D eigenvalue weighted by Crippen LogP contribution is -2.31. The molecule has 0 aliphatic rings. The Balaban J connectivity index is 1.49. The first kappa shape index (κ1) is 32.5. The Kier molecular flexibility index (Phi) is 9.60. The Labute approximate surface area is 264 Å². The number of phenols is 1. The number of carbonyl (C=O) groups excluding carboxylic acids is 2. The predicted octanol–water partition coefficient (Wildman–Crippen LogP) is 6.10. The molecule has 46 heavy (non-hydrogen) atoms. The maximum absolute atomic E-state index is 14.1. The van der Waals surface area contributed by atoms with Crippen molar-refractivity contribution in [1.82, 2.24) is 14.5 Å². The summed E-state index contributed by atoms with van der Waals surface area (Å²) in [5.41, 5.74) is 0.924. The Bertz CT molecular complexity index is 1930. The van der Waals surface area contributed by atoms with Crippen LogP contribution in [0, 0.1) is 5.82 Å². The van der Waals surface area contributed by atoms with Crippen molar-refractivity contribution in [2.24, 2.45) is 0 Å². The van der Waals surface area contributed by atoms with Gasteiger partial charge in [0.25, 0.3) is 5.91 Å². The van der Waals surface area contributed by atoms with Crippen LogP contribution >= 0.6 is 7.60 Å². The van der Waals surface area contributed by atoms with E-state index in [9.17, 15) is 28.8 Å². The highest BCUT2D eigenvalue weighted by atomic mass is 31.2. The molecular weight excluding hydrogens is 616 g/mol. The van der Waals surface area contributed by atoms with Crippen LogP contribution in [0.1, 0.15) is 29.8 Å². The molecule has 1 unspecified atom stereocenters. The molecule has 3 aromatic carbocycles. The van der Waals surface area contributed by atoms with Crippen molar-refractivity contribution in [1.29, 1.82) is 0 Å². The minimum absolute atomic E-state index is 0.0229. The van der Waals surface area contributed by atoms with Gasteiger partial charge >= 0.3 is 13.6 Å². The van der Waals surface area contributed by atoms with E-state index in [1.165, 1.54) is 48.0 Å². The summed E-state index contributed by atoms with van der Waals surface area (Å²) in [5.74, 6) is -1.99. The first-order valence-electron chi connectivity index (χ1n) is 14.5. The number of hydrogen-bond donors (Lipinski definition) is 2. The number of fused-ring (bicyclic) bond motifs is 2. The number of pyridine rings is 1. The summed E-state index contributed by atoms with van der Waals surface area (Å²) >= 11 is 0. The van der Waals surface area contributed by atoms with E-state index in [-0.39, 0.29) is 65.1 Å². The van der Waals surface area contributed by atoms with Gasteiger partial charge in [-0.3, -0.25) is 14.3 Å². The molecule has 0 radical (unpaired) electrons. The largest absolute Gasteiger partial charge is 0.505 e. The van der Waals surface area contributed by atoms with Crippen LogP contribution < -0.4 is 4.52 Å². The molecule has 5 aromatic rings. The Morgan fingerprint density at radius 3 is 2.46 bits per heavy atom. The average Bonchev–Trinajstić information content (AvgIpc) is 3.36. The van der Waals surface area contributed by atoms with Gasteiger partial charge in [0.1, 0.15) is 17.1 Å². The summed E-state index contributed by atoms with van der Waals surface area (Å²) < 4.78 is 45.3. The van der Waals surface area contributed by atoms with Crippen LogP contribution in [0.3, 0.4) is 0 Å². The molecule has 0 saturated carbocycles. The zero-order valence-corrected chi connectivity index (χ0v) is 26.3. The van der Waals surface area contributed by atoms with Gasteiger partial charge in [-0.2, -0.15) is 0 Å². The van der Waals surface area contributed by atoms with Crippen molar-refractivity contribution in [3.63, 3.8) is 0 Å². The number of rotatable bonds is 12. The number of para-hydroxylation sites is 1. The van der Waals surface area contributed by atoms with Crippen molar-refractivity contribution in [2.45, 2.75) is 26.5 Å². The molecule has 1 amide bonds. The summed E-state index contributed by atoms with van der Waals surface area (Å²) in [6.45, 7) is 3.16. The Hall–Kier alpha value is -4.93. The van der Waals surface area contributed by atoms with Gasteiger partial charge in [-0.15, -0.1) is 0 Å². The average molecular weight is 650 g/mol. The third-order valence-electron chi connectivity index (χ3n) is 7.32. The number of halogens is 1. The molecule has 2 aromatic heterocycles. The van der Waals surface area contributed by atoms with Crippen LogP contribution in [0.15, 0.2) is 79.1 Å². The van der Waals surface area contributed by atoms with Crippen LogP contribution in [0.25, 0.3) is 21.7 Å². The minimum atomic E-state index is -4.03. The molecule has 2 atom stereocenters. The monoisotopic (exact) mass is 649 g/mol. The number of amides is 1. The lowest BCUT2D eigenvalue weighted by atomic mass is 10.00. The van der Waals surface area contributed by atoms with Crippen LogP contribution in [-0.2, 0) is 25.2 Å². The summed E-state index contributed by atoms with van der Waals surface area (Å²) in [6, 6.07) is 17.3. The van der Waals surface area contributed by atoms with E-state index in [1.54, 1.807) is 61.5 Å². The van der Waals surface area contributed by atoms with E-state index < -0.39 is 31.4 Å². The van der Waals surface area contributed by atoms with Crippen LogP contribution in [-0.4, -0.2) is 69.0 Å². The van der Waals surface area contributed by atoms with Gasteiger partial charge in [-0.1, -0.05) is 36.4 Å². The third-order valence-corrected chi connectivity index (χ3v) is 9.19. The Morgan fingerprint density at radius 2 is 1.76 bits per heavy atom. The number of carbonyl (C=O) groups is 2. The minimum Gasteiger partial charge on any atom is -0.505 e. The number of esters is 1. The SMILES string of the molecule is CCOC(=O)[C@H](C)OP(=O)(CCN(C)C(=O)c1c2cccnc2c(O)c2c(O)n(Cc3ccc(F)cc3)cc12)Oc1ccccc1. The first-order chi connectivity index (χ1) is 22.0. The summed E-state index contributed by atoms with van der Waals surface area (Å²) in [5, 5.41) is 22.9. The molecule has 13 heteroatoms. The lowest BCUT2D eigenvalue weighted by molar-refractivity contribution is -0.150. The van der Waals surface area contributed by atoms with Crippen LogP contribution in [0.4, 0.5) is 4.39 Å². The lowest BCUT2D eigenvalue weighted by Gasteiger charge is -2.25. The molecule has 0 fully saturated rings. The molecular formula is C33H33FN3O8P. The predicted molar refractivity (Wildman–Crippen MR) is 170 cm³/mol. The van der Waals surface area contributed by atoms with Crippen molar-refractivity contribution in [3.05, 3.63) is 96.1 Å². The molecule has 2 N–H and O–H groups in total. The molecule has 11 nitrogen and oxygen atoms in total. The fourth-order valence-corrected chi connectivity index (χ4v) is 6.83. The molecule has 0 spiro atoms. The standard InChI is InChI=1S/C33H33FN3O8P/c1-4-43-33(41)21(2)44-46(42,45-24-9-6-5-7-10-24)18-17-36(3)31(39)27-25-11-8-16-35-29(25)30(38)28-26(27)20-37(32(28)40)19-22-12-14-23(34)15-13-22/h5-16,20-21,38,40H,4,17-19H2,1-3H3/t21-,46?/m0/s1.